The molecule has 0 spiro atoms. The fourth-order valence-electron chi connectivity index (χ4n) is 2.40. The van der Waals surface area contributed by atoms with Crippen LogP contribution >= 0.6 is 0 Å². The first kappa shape index (κ1) is 22.0. The molecule has 0 saturated carbocycles. The number of nitrogens with one attached hydrogen (secondary N) is 2. The quantitative estimate of drug-likeness (QED) is 0.766. The van der Waals surface area contributed by atoms with Gasteiger partial charge in [-0.1, -0.05) is 30.3 Å². The van der Waals surface area contributed by atoms with E-state index < -0.39 is 33.5 Å². The first-order chi connectivity index (χ1) is 13.0. The van der Waals surface area contributed by atoms with Gasteiger partial charge in [-0.15, -0.1) is 0 Å². The number of aromatic nitrogens is 1. The number of hydrogen-bond acceptors (Lipinski definition) is 4. The molecule has 0 fully saturated rings. The third-order valence-electron chi connectivity index (χ3n) is 3.71. The van der Waals surface area contributed by atoms with Gasteiger partial charge in [0.05, 0.1) is 27.5 Å². The van der Waals surface area contributed by atoms with Crippen LogP contribution in [-0.4, -0.2) is 25.6 Å². The van der Waals surface area contributed by atoms with Gasteiger partial charge in [0, 0.05) is 18.0 Å². The van der Waals surface area contributed by atoms with Gasteiger partial charge < -0.3 is 4.74 Å². The highest BCUT2D eigenvalue weighted by Gasteiger charge is 2.27. The van der Waals surface area contributed by atoms with Gasteiger partial charge in [-0.25, -0.2) is 13.7 Å². The van der Waals surface area contributed by atoms with Crippen molar-refractivity contribution in [3.8, 4) is 0 Å². The van der Waals surface area contributed by atoms with Crippen molar-refractivity contribution in [3.63, 3.8) is 0 Å². The molecule has 0 bridgehead atoms. The fraction of sp³-hybridized carbons (Fsp3) is 0.429. The summed E-state index contributed by atoms with van der Waals surface area (Å²) in [6, 6.07) is 10.9. The van der Waals surface area contributed by atoms with Crippen LogP contribution in [0.1, 0.15) is 58.7 Å². The highest BCUT2D eigenvalue weighted by molar-refractivity contribution is 7.84. The fourth-order valence-corrected chi connectivity index (χ4v) is 3.24. The lowest BCUT2D eigenvalue weighted by molar-refractivity contribution is 0.0635. The molecule has 2 unspecified atom stereocenters. The van der Waals surface area contributed by atoms with Gasteiger partial charge in [0.15, 0.2) is 0 Å². The zero-order valence-electron chi connectivity index (χ0n) is 17.3. The Labute approximate surface area is 169 Å². The Morgan fingerprint density at radius 2 is 1.71 bits per heavy atom. The molecule has 152 valence electrons. The molecule has 6 nitrogen and oxygen atoms in total. The van der Waals surface area contributed by atoms with Crippen LogP contribution < -0.4 is 10.0 Å². The molecule has 0 aliphatic rings. The van der Waals surface area contributed by atoms with Crippen molar-refractivity contribution in [2.45, 2.75) is 57.9 Å². The van der Waals surface area contributed by atoms with Gasteiger partial charge >= 0.3 is 6.09 Å². The van der Waals surface area contributed by atoms with Gasteiger partial charge in [0.25, 0.3) is 0 Å². The van der Waals surface area contributed by atoms with Crippen LogP contribution in [0.3, 0.4) is 0 Å². The van der Waals surface area contributed by atoms with Crippen LogP contribution in [0.15, 0.2) is 48.8 Å². The first-order valence-corrected chi connectivity index (χ1v) is 10.3. The molecular weight excluding hydrogens is 374 g/mol. The lowest BCUT2D eigenvalue weighted by Crippen LogP contribution is -2.36. The number of nitrogens with zero attached hydrogens (tertiary/aromatic N) is 1. The Bertz CT molecular complexity index is 827. The van der Waals surface area contributed by atoms with Crippen LogP contribution in [0.4, 0.5) is 10.5 Å². The summed E-state index contributed by atoms with van der Waals surface area (Å²) in [5.41, 5.74) is 1.57. The summed E-state index contributed by atoms with van der Waals surface area (Å²) in [5.74, 6) is 0. The second-order valence-corrected chi connectivity index (χ2v) is 10.4. The highest BCUT2D eigenvalue weighted by atomic mass is 32.2. The molecule has 2 rings (SSSR count). The predicted octanol–water partition coefficient (Wildman–Crippen LogP) is 4.57. The molecule has 2 N–H and O–H groups in total. The van der Waals surface area contributed by atoms with Crippen molar-refractivity contribution in [3.05, 3.63) is 59.9 Å². The van der Waals surface area contributed by atoms with E-state index in [1.807, 2.05) is 51.1 Å². The molecule has 1 heterocycles. The third kappa shape index (κ3) is 6.42. The molecule has 0 aliphatic carbocycles. The standard InChI is InChI=1S/C21H29N3O3S/c1-20(2,3)27-19(25)23-17-12-13-22-14-16(17)18(15-10-8-7-9-11-15)24-28(26)21(4,5)6/h7-14,18,24H,1-6H3,(H,22,23,25). The number of pyridine rings is 1. The lowest BCUT2D eigenvalue weighted by atomic mass is 10.00. The monoisotopic (exact) mass is 403 g/mol. The van der Waals surface area contributed by atoms with E-state index in [-0.39, 0.29) is 0 Å². The molecule has 0 aliphatic heterocycles. The maximum atomic E-state index is 12.8. The Morgan fingerprint density at radius 3 is 2.29 bits per heavy atom. The van der Waals surface area contributed by atoms with E-state index in [0.29, 0.717) is 11.3 Å². The Hall–Kier alpha value is -2.25. The van der Waals surface area contributed by atoms with Crippen LogP contribution in [-0.2, 0) is 15.7 Å². The summed E-state index contributed by atoms with van der Waals surface area (Å²) in [4.78, 5) is 16.5. The maximum absolute atomic E-state index is 12.8. The smallest absolute Gasteiger partial charge is 0.412 e. The molecular formula is C21H29N3O3S. The van der Waals surface area contributed by atoms with Crippen molar-refractivity contribution in [1.82, 2.24) is 9.71 Å². The number of hydrogen-bond donors (Lipinski definition) is 2. The molecule has 28 heavy (non-hydrogen) atoms. The Balaban J connectivity index is 2.41. The number of carbonyl (C=O) groups is 1. The molecule has 2 aromatic rings. The molecule has 1 aromatic carbocycles. The minimum atomic E-state index is -1.33. The van der Waals surface area contributed by atoms with Crippen molar-refractivity contribution in [1.29, 1.82) is 0 Å². The molecule has 0 radical (unpaired) electrons. The van der Waals surface area contributed by atoms with E-state index in [1.165, 1.54) is 0 Å². The number of carbonyl (C=O) groups excluding carboxylic acids is 1. The summed E-state index contributed by atoms with van der Waals surface area (Å²) in [7, 11) is -1.33. The Kier molecular flexibility index (Phi) is 6.96. The van der Waals surface area contributed by atoms with Gasteiger partial charge in [-0.2, -0.15) is 0 Å². The number of anilines is 1. The second-order valence-electron chi connectivity index (χ2n) is 8.43. The predicted molar refractivity (Wildman–Crippen MR) is 113 cm³/mol. The van der Waals surface area contributed by atoms with E-state index in [2.05, 4.69) is 15.0 Å². The highest BCUT2D eigenvalue weighted by Crippen LogP contribution is 2.29. The Morgan fingerprint density at radius 1 is 1.07 bits per heavy atom. The molecule has 1 amide bonds. The van der Waals surface area contributed by atoms with E-state index in [0.717, 1.165) is 5.56 Å². The van der Waals surface area contributed by atoms with Gasteiger partial charge in [0.2, 0.25) is 0 Å². The van der Waals surface area contributed by atoms with Crippen LogP contribution in [0.2, 0.25) is 0 Å². The number of rotatable bonds is 5. The van der Waals surface area contributed by atoms with E-state index in [9.17, 15) is 9.00 Å². The minimum Gasteiger partial charge on any atom is -0.444 e. The number of ether oxygens (including phenoxy) is 1. The number of amides is 1. The summed E-state index contributed by atoms with van der Waals surface area (Å²) < 4.78 is 20.9. The van der Waals surface area contributed by atoms with E-state index >= 15 is 0 Å². The van der Waals surface area contributed by atoms with Gasteiger partial charge in [-0.05, 0) is 53.2 Å². The van der Waals surface area contributed by atoms with Crippen molar-refractivity contribution in [2.75, 3.05) is 5.32 Å². The van der Waals surface area contributed by atoms with Crippen LogP contribution in [0.5, 0.6) is 0 Å². The third-order valence-corrected chi connectivity index (χ3v) is 5.27. The average Bonchev–Trinajstić information content (AvgIpc) is 2.58. The topological polar surface area (TPSA) is 80.3 Å². The molecule has 0 saturated heterocycles. The van der Waals surface area contributed by atoms with Crippen molar-refractivity contribution in [2.24, 2.45) is 0 Å². The van der Waals surface area contributed by atoms with E-state index in [1.54, 1.807) is 39.2 Å². The number of benzene rings is 1. The largest absolute Gasteiger partial charge is 0.444 e. The summed E-state index contributed by atoms with van der Waals surface area (Å²) in [6.45, 7) is 11.1. The van der Waals surface area contributed by atoms with Crippen LogP contribution in [0, 0.1) is 0 Å². The summed E-state index contributed by atoms with van der Waals surface area (Å²) >= 11 is 0. The zero-order chi connectivity index (χ0) is 20.9. The first-order valence-electron chi connectivity index (χ1n) is 9.14. The van der Waals surface area contributed by atoms with Gasteiger partial charge in [0.1, 0.15) is 5.60 Å². The van der Waals surface area contributed by atoms with Crippen LogP contribution in [0.25, 0.3) is 0 Å². The maximum Gasteiger partial charge on any atom is 0.412 e. The van der Waals surface area contributed by atoms with Crippen molar-refractivity contribution < 1.29 is 13.7 Å². The molecule has 2 atom stereocenters. The SMILES string of the molecule is CC(C)(C)OC(=O)Nc1ccncc1C(NS(=O)C(C)(C)C)c1ccccc1. The van der Waals surface area contributed by atoms with E-state index in [4.69, 9.17) is 4.74 Å². The molecule has 1 aromatic heterocycles. The summed E-state index contributed by atoms with van der Waals surface area (Å²) in [5, 5.41) is 2.79. The average molecular weight is 404 g/mol. The zero-order valence-corrected chi connectivity index (χ0v) is 18.1. The summed E-state index contributed by atoms with van der Waals surface area (Å²) in [6.07, 6.45) is 2.71. The normalized spacial score (nSPS) is 14.2. The van der Waals surface area contributed by atoms with Gasteiger partial charge in [-0.3, -0.25) is 10.3 Å². The lowest BCUT2D eigenvalue weighted by Gasteiger charge is -2.26. The minimum absolute atomic E-state index is 0.417. The van der Waals surface area contributed by atoms with Crippen molar-refractivity contribution >= 4 is 22.8 Å². The second kappa shape index (κ2) is 8.84. The molecule has 7 heteroatoms.